The molecule has 0 aliphatic carbocycles. The molecule has 0 N–H and O–H groups in total. The first-order valence-electron chi connectivity index (χ1n) is 9.84. The van der Waals surface area contributed by atoms with Crippen LogP contribution in [0.1, 0.15) is 15.9 Å². The number of hydrogen-bond acceptors (Lipinski definition) is 4. The van der Waals surface area contributed by atoms with Gasteiger partial charge in [-0.1, -0.05) is 48.5 Å². The van der Waals surface area contributed by atoms with E-state index in [9.17, 15) is 4.79 Å². The summed E-state index contributed by atoms with van der Waals surface area (Å²) in [6.45, 7) is 0. The number of hydrogen-bond donors (Lipinski definition) is 0. The van der Waals surface area contributed by atoms with Gasteiger partial charge in [0.1, 0.15) is 11.5 Å². The molecule has 0 atom stereocenters. The molecular formula is C26H22N2O3. The van der Waals surface area contributed by atoms with Gasteiger partial charge in [-0.25, -0.2) is 4.68 Å². The molecule has 5 heteroatoms. The molecule has 0 saturated carbocycles. The number of nitrogens with zero attached hydrogens (tertiary/aromatic N) is 2. The van der Waals surface area contributed by atoms with E-state index in [-0.39, 0.29) is 5.78 Å². The van der Waals surface area contributed by atoms with E-state index in [1.54, 1.807) is 38.5 Å². The Bertz CT molecular complexity index is 1210. The van der Waals surface area contributed by atoms with Crippen molar-refractivity contribution in [3.8, 4) is 28.4 Å². The Balaban J connectivity index is 1.73. The number of benzene rings is 3. The van der Waals surface area contributed by atoms with Crippen LogP contribution < -0.4 is 9.47 Å². The first kappa shape index (κ1) is 20.2. The van der Waals surface area contributed by atoms with Gasteiger partial charge in [0.05, 0.1) is 31.2 Å². The van der Waals surface area contributed by atoms with Gasteiger partial charge in [-0.05, 0) is 42.5 Å². The number of carbonyl (C=O) groups is 1. The van der Waals surface area contributed by atoms with Crippen LogP contribution in [0, 0.1) is 0 Å². The molecular weight excluding hydrogens is 388 g/mol. The first-order valence-corrected chi connectivity index (χ1v) is 9.84. The fourth-order valence-corrected chi connectivity index (χ4v) is 3.30. The van der Waals surface area contributed by atoms with Gasteiger partial charge in [-0.15, -0.1) is 0 Å². The van der Waals surface area contributed by atoms with Crippen molar-refractivity contribution in [1.82, 2.24) is 9.78 Å². The lowest BCUT2D eigenvalue weighted by Gasteiger charge is -2.07. The number of methoxy groups -OCH3 is 2. The van der Waals surface area contributed by atoms with E-state index in [1.807, 2.05) is 71.5 Å². The van der Waals surface area contributed by atoms with Gasteiger partial charge in [0.15, 0.2) is 5.78 Å². The molecule has 0 amide bonds. The maximum atomic E-state index is 12.9. The van der Waals surface area contributed by atoms with E-state index in [4.69, 9.17) is 14.6 Å². The summed E-state index contributed by atoms with van der Waals surface area (Å²) in [4.78, 5) is 12.9. The molecule has 4 aromatic rings. The molecule has 0 saturated heterocycles. The summed E-state index contributed by atoms with van der Waals surface area (Å²) in [6.07, 6.45) is 5.25. The van der Waals surface area contributed by atoms with E-state index in [1.165, 1.54) is 6.08 Å². The summed E-state index contributed by atoms with van der Waals surface area (Å²) in [6, 6.07) is 24.9. The molecule has 0 spiro atoms. The minimum absolute atomic E-state index is 0.178. The molecule has 1 heterocycles. The van der Waals surface area contributed by atoms with Crippen molar-refractivity contribution in [2.45, 2.75) is 0 Å². The third kappa shape index (κ3) is 4.41. The summed E-state index contributed by atoms with van der Waals surface area (Å²) in [7, 11) is 3.11. The van der Waals surface area contributed by atoms with Gasteiger partial charge in [0, 0.05) is 17.3 Å². The van der Waals surface area contributed by atoms with Crippen LogP contribution >= 0.6 is 0 Å². The van der Waals surface area contributed by atoms with Crippen molar-refractivity contribution in [3.63, 3.8) is 0 Å². The third-order valence-corrected chi connectivity index (χ3v) is 4.90. The van der Waals surface area contributed by atoms with Crippen molar-refractivity contribution in [2.24, 2.45) is 0 Å². The second kappa shape index (κ2) is 9.13. The molecule has 0 aliphatic heterocycles. The second-order valence-corrected chi connectivity index (χ2v) is 6.84. The number of allylic oxidation sites excluding steroid dienone is 1. The van der Waals surface area contributed by atoms with Crippen molar-refractivity contribution in [1.29, 1.82) is 0 Å². The largest absolute Gasteiger partial charge is 0.497 e. The van der Waals surface area contributed by atoms with E-state index >= 15 is 0 Å². The lowest BCUT2D eigenvalue weighted by molar-refractivity contribution is 0.104. The summed E-state index contributed by atoms with van der Waals surface area (Å²) in [5, 5.41) is 4.77. The average Bonchev–Trinajstić information content (AvgIpc) is 3.27. The van der Waals surface area contributed by atoms with Crippen molar-refractivity contribution >= 4 is 11.9 Å². The Kier molecular flexibility index (Phi) is 5.94. The topological polar surface area (TPSA) is 53.4 Å². The Labute approximate surface area is 181 Å². The van der Waals surface area contributed by atoms with Crippen molar-refractivity contribution < 1.29 is 14.3 Å². The normalized spacial score (nSPS) is 10.9. The van der Waals surface area contributed by atoms with Gasteiger partial charge < -0.3 is 9.47 Å². The number of carbonyl (C=O) groups excluding carboxylic acids is 1. The predicted octanol–water partition coefficient (Wildman–Crippen LogP) is 5.45. The maximum absolute atomic E-state index is 12.9. The fraction of sp³-hybridized carbons (Fsp3) is 0.0769. The molecule has 0 bridgehead atoms. The van der Waals surface area contributed by atoms with Crippen LogP contribution in [0.5, 0.6) is 11.5 Å². The average molecular weight is 410 g/mol. The maximum Gasteiger partial charge on any atom is 0.189 e. The van der Waals surface area contributed by atoms with Crippen LogP contribution in [-0.4, -0.2) is 29.8 Å². The predicted molar refractivity (Wildman–Crippen MR) is 122 cm³/mol. The monoisotopic (exact) mass is 410 g/mol. The molecule has 4 rings (SSSR count). The Morgan fingerprint density at radius 1 is 0.903 bits per heavy atom. The molecule has 0 unspecified atom stereocenters. The van der Waals surface area contributed by atoms with E-state index in [2.05, 4.69) is 0 Å². The van der Waals surface area contributed by atoms with Crippen LogP contribution in [0.4, 0.5) is 0 Å². The summed E-state index contributed by atoms with van der Waals surface area (Å²) in [5.41, 5.74) is 3.99. The fourth-order valence-electron chi connectivity index (χ4n) is 3.30. The minimum atomic E-state index is -0.178. The minimum Gasteiger partial charge on any atom is -0.497 e. The number of rotatable bonds is 7. The highest BCUT2D eigenvalue weighted by atomic mass is 16.5. The number of ketones is 1. The van der Waals surface area contributed by atoms with Crippen LogP contribution in [0.25, 0.3) is 23.0 Å². The number of ether oxygens (including phenoxy) is 2. The highest BCUT2D eigenvalue weighted by Crippen LogP contribution is 2.27. The molecule has 0 fully saturated rings. The molecule has 3 aromatic carbocycles. The highest BCUT2D eigenvalue weighted by Gasteiger charge is 2.14. The van der Waals surface area contributed by atoms with Crippen molar-refractivity contribution in [2.75, 3.05) is 14.2 Å². The quantitative estimate of drug-likeness (QED) is 0.300. The molecule has 31 heavy (non-hydrogen) atoms. The van der Waals surface area contributed by atoms with E-state index in [0.29, 0.717) is 17.1 Å². The molecule has 1 aromatic heterocycles. The Morgan fingerprint density at radius 3 is 2.29 bits per heavy atom. The summed E-state index contributed by atoms with van der Waals surface area (Å²) < 4.78 is 12.4. The van der Waals surface area contributed by atoms with E-state index < -0.39 is 0 Å². The van der Waals surface area contributed by atoms with Crippen LogP contribution in [0.2, 0.25) is 0 Å². The summed E-state index contributed by atoms with van der Waals surface area (Å²) >= 11 is 0. The Hall–Kier alpha value is -4.12. The van der Waals surface area contributed by atoms with Crippen LogP contribution in [-0.2, 0) is 0 Å². The van der Waals surface area contributed by atoms with Gasteiger partial charge >= 0.3 is 0 Å². The third-order valence-electron chi connectivity index (χ3n) is 4.90. The van der Waals surface area contributed by atoms with Crippen LogP contribution in [0.3, 0.4) is 0 Å². The highest BCUT2D eigenvalue weighted by molar-refractivity contribution is 6.09. The summed E-state index contributed by atoms with van der Waals surface area (Å²) in [5.74, 6) is 0.917. The standard InChI is InChI=1S/C26H22N2O3/c1-30-22-14-16-25(31-2)23(17-22)24(29)15-13-20-18-28(21-11-7-4-8-12-21)27-26(20)19-9-5-3-6-10-19/h3-18H,1-2H3/b15-13+. The molecule has 5 nitrogen and oxygen atoms in total. The number of para-hydroxylation sites is 1. The van der Waals surface area contributed by atoms with Crippen molar-refractivity contribution in [3.05, 3.63) is 102 Å². The molecule has 0 aliphatic rings. The van der Waals surface area contributed by atoms with Gasteiger partial charge in [0.2, 0.25) is 0 Å². The zero-order chi connectivity index (χ0) is 21.6. The Morgan fingerprint density at radius 2 is 1.61 bits per heavy atom. The molecule has 0 radical (unpaired) electrons. The zero-order valence-electron chi connectivity index (χ0n) is 17.4. The number of aromatic nitrogens is 2. The van der Waals surface area contributed by atoms with Gasteiger partial charge in [-0.2, -0.15) is 5.10 Å². The van der Waals surface area contributed by atoms with Gasteiger partial charge in [0.25, 0.3) is 0 Å². The van der Waals surface area contributed by atoms with Gasteiger partial charge in [-0.3, -0.25) is 4.79 Å². The lowest BCUT2D eigenvalue weighted by atomic mass is 10.1. The SMILES string of the molecule is COc1ccc(OC)c(C(=O)/C=C/c2cn(-c3ccccc3)nc2-c2ccccc2)c1. The van der Waals surface area contributed by atoms with Crippen LogP contribution in [0.15, 0.2) is 91.1 Å². The smallest absolute Gasteiger partial charge is 0.189 e. The zero-order valence-corrected chi connectivity index (χ0v) is 17.4. The first-order chi connectivity index (χ1) is 15.2. The lowest BCUT2D eigenvalue weighted by Crippen LogP contribution is -1.99. The van der Waals surface area contributed by atoms with E-state index in [0.717, 1.165) is 22.5 Å². The second-order valence-electron chi connectivity index (χ2n) is 6.84. The molecule has 154 valence electrons.